The van der Waals surface area contributed by atoms with E-state index in [1.54, 1.807) is 12.3 Å². The van der Waals surface area contributed by atoms with Gasteiger partial charge < -0.3 is 0 Å². The van der Waals surface area contributed by atoms with Crippen LogP contribution in [0.25, 0.3) is 0 Å². The van der Waals surface area contributed by atoms with Gasteiger partial charge in [-0.05, 0) is 6.07 Å². The van der Waals surface area contributed by atoms with Crippen LogP contribution in [-0.2, 0) is 5.33 Å². The van der Waals surface area contributed by atoms with E-state index in [1.807, 2.05) is 60.7 Å². The maximum Gasteiger partial charge on any atom is 0.189 e. The second-order valence-corrected chi connectivity index (χ2v) is 5.49. The minimum absolute atomic E-state index is 0.102. The quantitative estimate of drug-likeness (QED) is 0.453. The monoisotopic (exact) mass is 368 g/mol. The lowest BCUT2D eigenvalue weighted by Gasteiger charge is -2.08. The zero-order chi connectivity index (χ0) is 16.1. The van der Waals surface area contributed by atoms with E-state index in [0.717, 1.165) is 11.1 Å². The van der Waals surface area contributed by atoms with E-state index in [9.17, 15) is 4.39 Å². The Hall–Kier alpha value is -2.33. The second-order valence-electron chi connectivity index (χ2n) is 4.93. The molecule has 1 heterocycles. The average Bonchev–Trinajstić information content (AvgIpc) is 2.62. The number of pyridine rings is 1. The Labute approximate surface area is 142 Å². The van der Waals surface area contributed by atoms with Crippen LogP contribution in [0.4, 0.5) is 10.2 Å². The number of benzene rings is 2. The molecule has 0 radical (unpaired) electrons. The van der Waals surface area contributed by atoms with E-state index in [-0.39, 0.29) is 5.82 Å². The summed E-state index contributed by atoms with van der Waals surface area (Å²) < 4.78 is 14.5. The Morgan fingerprint density at radius 1 is 0.913 bits per heavy atom. The van der Waals surface area contributed by atoms with Gasteiger partial charge in [0.25, 0.3) is 0 Å². The van der Waals surface area contributed by atoms with E-state index in [1.165, 1.54) is 0 Å². The van der Waals surface area contributed by atoms with Crippen molar-refractivity contribution in [1.29, 1.82) is 0 Å². The predicted molar refractivity (Wildman–Crippen MR) is 95.0 cm³/mol. The summed E-state index contributed by atoms with van der Waals surface area (Å²) >= 11 is 3.28. The fourth-order valence-corrected chi connectivity index (χ4v) is 2.68. The highest BCUT2D eigenvalue weighted by Gasteiger charge is 2.12. The molecule has 23 heavy (non-hydrogen) atoms. The highest BCUT2D eigenvalue weighted by atomic mass is 79.9. The van der Waals surface area contributed by atoms with Crippen molar-refractivity contribution >= 4 is 27.5 Å². The van der Waals surface area contributed by atoms with Crippen molar-refractivity contribution in [3.8, 4) is 0 Å². The average molecular weight is 369 g/mol. The second kappa shape index (κ2) is 7.29. The number of aromatic nitrogens is 1. The molecule has 0 aliphatic carbocycles. The van der Waals surface area contributed by atoms with Crippen molar-refractivity contribution in [2.24, 2.45) is 4.99 Å². The zero-order valence-electron chi connectivity index (χ0n) is 12.3. The van der Waals surface area contributed by atoms with Crippen molar-refractivity contribution in [2.45, 2.75) is 5.33 Å². The molecule has 2 aromatic carbocycles. The summed E-state index contributed by atoms with van der Waals surface area (Å²) in [5.74, 6) is -0.293. The normalized spacial score (nSPS) is 10.3. The molecule has 0 N–H and O–H groups in total. The molecule has 1 aromatic heterocycles. The van der Waals surface area contributed by atoms with Gasteiger partial charge in [0.2, 0.25) is 0 Å². The van der Waals surface area contributed by atoms with Crippen molar-refractivity contribution in [3.63, 3.8) is 0 Å². The number of hydrogen-bond acceptors (Lipinski definition) is 2. The summed E-state index contributed by atoms with van der Waals surface area (Å²) in [6.45, 7) is 0. The Balaban J connectivity index is 2.17. The van der Waals surface area contributed by atoms with Gasteiger partial charge in [-0.15, -0.1) is 0 Å². The maximum atomic E-state index is 14.5. The third-order valence-electron chi connectivity index (χ3n) is 3.41. The smallest absolute Gasteiger partial charge is 0.189 e. The lowest BCUT2D eigenvalue weighted by atomic mass is 10.0. The van der Waals surface area contributed by atoms with Crippen LogP contribution in [-0.4, -0.2) is 10.7 Å². The molecule has 3 aromatic rings. The van der Waals surface area contributed by atoms with Gasteiger partial charge in [0, 0.05) is 28.2 Å². The molecule has 0 aliphatic heterocycles. The first-order valence-electron chi connectivity index (χ1n) is 7.18. The molecular weight excluding hydrogens is 355 g/mol. The summed E-state index contributed by atoms with van der Waals surface area (Å²) in [5, 5.41) is 0.426. The molecule has 0 aliphatic rings. The molecule has 0 saturated carbocycles. The number of hydrogen-bond donors (Lipinski definition) is 0. The number of nitrogens with zero attached hydrogens (tertiary/aromatic N) is 2. The molecular formula is C19H14BrFN2. The van der Waals surface area contributed by atoms with Crippen LogP contribution in [0.1, 0.15) is 16.7 Å². The fourth-order valence-electron chi connectivity index (χ4n) is 2.25. The van der Waals surface area contributed by atoms with Crippen molar-refractivity contribution in [2.75, 3.05) is 0 Å². The summed E-state index contributed by atoms with van der Waals surface area (Å²) in [6, 6.07) is 21.1. The SMILES string of the molecule is Fc1c(CBr)ccnc1N=C(c1ccccc1)c1ccccc1. The largest absolute Gasteiger partial charge is 0.235 e. The lowest BCUT2D eigenvalue weighted by Crippen LogP contribution is -2.03. The van der Waals surface area contributed by atoms with Crippen LogP contribution in [0.3, 0.4) is 0 Å². The standard InChI is InChI=1S/C19H14BrFN2/c20-13-16-11-12-22-19(17(16)21)23-18(14-7-3-1-4-8-14)15-9-5-2-6-10-15/h1-12H,13H2. The summed E-state index contributed by atoms with van der Waals surface area (Å²) in [7, 11) is 0. The van der Waals surface area contributed by atoms with E-state index < -0.39 is 5.82 Å². The van der Waals surface area contributed by atoms with Crippen LogP contribution < -0.4 is 0 Å². The molecule has 0 spiro atoms. The molecule has 4 heteroatoms. The first kappa shape index (κ1) is 15.6. The Morgan fingerprint density at radius 2 is 1.48 bits per heavy atom. The minimum Gasteiger partial charge on any atom is -0.235 e. The van der Waals surface area contributed by atoms with Crippen molar-refractivity contribution in [1.82, 2.24) is 4.98 Å². The van der Waals surface area contributed by atoms with Gasteiger partial charge in [0.15, 0.2) is 11.6 Å². The van der Waals surface area contributed by atoms with Gasteiger partial charge in [-0.3, -0.25) is 0 Å². The molecule has 2 nitrogen and oxygen atoms in total. The first-order chi connectivity index (χ1) is 11.3. The van der Waals surface area contributed by atoms with E-state index in [4.69, 9.17) is 0 Å². The molecule has 3 rings (SSSR count). The summed E-state index contributed by atoms with van der Waals surface area (Å²) in [5.41, 5.74) is 3.08. The van der Waals surface area contributed by atoms with Gasteiger partial charge in [-0.2, -0.15) is 0 Å². The maximum absolute atomic E-state index is 14.5. The number of halogens is 2. The van der Waals surface area contributed by atoms with Gasteiger partial charge in [-0.25, -0.2) is 14.4 Å². The van der Waals surface area contributed by atoms with E-state index in [0.29, 0.717) is 16.6 Å². The zero-order valence-corrected chi connectivity index (χ0v) is 13.9. The summed E-state index contributed by atoms with van der Waals surface area (Å²) in [6.07, 6.45) is 1.58. The van der Waals surface area contributed by atoms with Gasteiger partial charge >= 0.3 is 0 Å². The molecule has 114 valence electrons. The van der Waals surface area contributed by atoms with Gasteiger partial charge in [0.1, 0.15) is 0 Å². The minimum atomic E-state index is -0.395. The third-order valence-corrected chi connectivity index (χ3v) is 4.01. The molecule has 0 amide bonds. The summed E-state index contributed by atoms with van der Waals surface area (Å²) in [4.78, 5) is 8.61. The Morgan fingerprint density at radius 3 is 2.00 bits per heavy atom. The first-order valence-corrected chi connectivity index (χ1v) is 8.30. The number of aliphatic imine (C=N–C) groups is 1. The van der Waals surface area contributed by atoms with Crippen LogP contribution in [0.15, 0.2) is 77.9 Å². The van der Waals surface area contributed by atoms with Crippen molar-refractivity contribution in [3.05, 3.63) is 95.4 Å². The molecule has 0 unspecified atom stereocenters. The fraction of sp³-hybridized carbons (Fsp3) is 0.0526. The van der Waals surface area contributed by atoms with Gasteiger partial charge in [-0.1, -0.05) is 76.6 Å². The lowest BCUT2D eigenvalue weighted by molar-refractivity contribution is 0.614. The molecule has 0 fully saturated rings. The Bertz CT molecular complexity index is 776. The highest BCUT2D eigenvalue weighted by molar-refractivity contribution is 9.08. The molecule has 0 atom stereocenters. The van der Waals surface area contributed by atoms with Crippen LogP contribution in [0.5, 0.6) is 0 Å². The van der Waals surface area contributed by atoms with Crippen LogP contribution >= 0.6 is 15.9 Å². The predicted octanol–water partition coefficient (Wildman–Crippen LogP) is 5.28. The highest BCUT2D eigenvalue weighted by Crippen LogP contribution is 2.22. The van der Waals surface area contributed by atoms with Crippen LogP contribution in [0, 0.1) is 5.82 Å². The van der Waals surface area contributed by atoms with E-state index >= 15 is 0 Å². The molecule has 0 saturated heterocycles. The van der Waals surface area contributed by atoms with Crippen LogP contribution in [0.2, 0.25) is 0 Å². The molecule has 0 bridgehead atoms. The number of alkyl halides is 1. The van der Waals surface area contributed by atoms with Gasteiger partial charge in [0.05, 0.1) is 5.71 Å². The Kier molecular flexibility index (Phi) is 4.93. The topological polar surface area (TPSA) is 25.2 Å². The van der Waals surface area contributed by atoms with Crippen molar-refractivity contribution < 1.29 is 4.39 Å². The van der Waals surface area contributed by atoms with E-state index in [2.05, 4.69) is 25.9 Å². The third kappa shape index (κ3) is 3.54. The number of rotatable bonds is 4.